The van der Waals surface area contributed by atoms with Crippen LogP contribution in [0.15, 0.2) is 167 Å². The minimum absolute atomic E-state index is 0.221. The van der Waals surface area contributed by atoms with Crippen LogP contribution in [0.25, 0.3) is 0 Å². The second-order valence-corrected chi connectivity index (χ2v) is 13.1. The smallest absolute Gasteiger partial charge is 0.343 e. The zero-order chi connectivity index (χ0) is 42.1. The van der Waals surface area contributed by atoms with Gasteiger partial charge in [0.2, 0.25) is 0 Å². The summed E-state index contributed by atoms with van der Waals surface area (Å²) in [5.41, 5.74) is 24.2. The molecule has 60 heavy (non-hydrogen) atoms. The van der Waals surface area contributed by atoms with Crippen molar-refractivity contribution < 1.29 is 47.5 Å². The highest BCUT2D eigenvalue weighted by Crippen LogP contribution is 2.34. The molecule has 296 valence electrons. The van der Waals surface area contributed by atoms with Crippen molar-refractivity contribution in [1.29, 1.82) is 0 Å². The van der Waals surface area contributed by atoms with Gasteiger partial charge in [-0.15, -0.1) is 0 Å². The van der Waals surface area contributed by atoms with Crippen molar-refractivity contribution in [3.8, 4) is 29.3 Å². The van der Waals surface area contributed by atoms with Crippen molar-refractivity contribution in [3.05, 3.63) is 195 Å². The van der Waals surface area contributed by atoms with Gasteiger partial charge in [0.1, 0.15) is 41.7 Å². The van der Waals surface area contributed by atoms with Crippen LogP contribution in [0, 0.1) is 19.0 Å². The topological polar surface area (TPSA) is 116 Å². The number of fused-ring (bicyclic) bond motifs is 1. The van der Waals surface area contributed by atoms with Gasteiger partial charge >= 0.3 is 17.9 Å². The van der Waals surface area contributed by atoms with E-state index in [-0.39, 0.29) is 6.61 Å². The molecule has 2 heterocycles. The van der Waals surface area contributed by atoms with Crippen LogP contribution in [0.3, 0.4) is 0 Å². The van der Waals surface area contributed by atoms with E-state index in [0.29, 0.717) is 52.5 Å². The molecule has 0 N–H and O–H groups in total. The number of hydrogen-bond donors (Lipinski definition) is 0. The van der Waals surface area contributed by atoms with E-state index in [2.05, 4.69) is 64.5 Å². The predicted octanol–water partition coefficient (Wildman–Crippen LogP) is 8.57. The molecule has 4 unspecified atom stereocenters. The molecule has 2 fully saturated rings. The second kappa shape index (κ2) is 21.1. The van der Waals surface area contributed by atoms with Gasteiger partial charge in [0.15, 0.2) is 6.29 Å². The van der Waals surface area contributed by atoms with Gasteiger partial charge in [-0.2, -0.15) is 0 Å². The Balaban J connectivity index is 0.983. The number of allylic oxidation sites excluding steroid dienone is 3. The molecule has 6 rings (SSSR count). The maximum atomic E-state index is 13.2. The SMILES string of the molecule is C=C=C=C=C=C=C=C=C=C(C)C=CC#COc1ccc(C(=O)Oc2ccc(C3OCC4OCCC(OC(=O)c5ccc(OC(=O)c6ccc(C)cc6)cc5)C4O3)cc2)cc1. The van der Waals surface area contributed by atoms with Crippen LogP contribution in [-0.2, 0) is 18.9 Å². The number of rotatable bonds is 9. The molecule has 4 aromatic carbocycles. The Kier molecular flexibility index (Phi) is 14.7. The quantitative estimate of drug-likeness (QED) is 0.0537. The molecule has 2 aliphatic rings. The van der Waals surface area contributed by atoms with Gasteiger partial charge in [0.05, 0.1) is 29.9 Å². The highest BCUT2D eigenvalue weighted by atomic mass is 16.7. The minimum atomic E-state index is -0.779. The molecule has 0 bridgehead atoms. The van der Waals surface area contributed by atoms with E-state index >= 15 is 0 Å². The average molecular weight is 797 g/mol. The molecule has 0 aliphatic carbocycles. The molecule has 0 amide bonds. The molecular formula is C50H36O10. The van der Waals surface area contributed by atoms with Gasteiger partial charge in [-0.1, -0.05) is 41.3 Å². The third kappa shape index (κ3) is 12.1. The number of carbonyl (C=O) groups excluding carboxylic acids is 3. The van der Waals surface area contributed by atoms with Crippen LogP contribution >= 0.6 is 0 Å². The number of benzene rings is 4. The van der Waals surface area contributed by atoms with Gasteiger partial charge in [-0.05, 0) is 146 Å². The Hall–Kier alpha value is -7.75. The molecule has 10 heteroatoms. The Morgan fingerprint density at radius 1 is 0.700 bits per heavy atom. The van der Waals surface area contributed by atoms with Crippen molar-refractivity contribution in [1.82, 2.24) is 0 Å². The Labute approximate surface area is 346 Å². The number of aryl methyl sites for hydroxylation is 1. The highest BCUT2D eigenvalue weighted by Gasteiger charge is 2.43. The summed E-state index contributed by atoms with van der Waals surface area (Å²) in [5.74, 6) is 2.21. The van der Waals surface area contributed by atoms with Gasteiger partial charge < -0.3 is 33.2 Å². The molecule has 2 aliphatic heterocycles. The summed E-state index contributed by atoms with van der Waals surface area (Å²) >= 11 is 0. The standard InChI is InChI=1S/C50H36O10/c1-4-5-6-7-8-9-10-13-35(2)14-11-12-32-54-41-25-19-38(20-26-41)48(52)58-43-29-23-40(24-30-43)50-56-34-45-46(60-50)44(31-33-55-45)59-49(53)39-21-27-42(28-22-39)57-47(51)37-17-15-36(3)16-18-37/h11,14-30,44-46,50H,1,31,33-34H2,2-3H3. The van der Waals surface area contributed by atoms with E-state index in [1.54, 1.807) is 97.1 Å². The maximum Gasteiger partial charge on any atom is 0.343 e. The zero-order valence-electron chi connectivity index (χ0n) is 32.6. The summed E-state index contributed by atoms with van der Waals surface area (Å²) in [4.78, 5) is 38.6. The summed E-state index contributed by atoms with van der Waals surface area (Å²) in [5, 5.41) is 0. The lowest BCUT2D eigenvalue weighted by molar-refractivity contribution is -0.298. The van der Waals surface area contributed by atoms with E-state index in [1.807, 2.05) is 26.0 Å². The van der Waals surface area contributed by atoms with Gasteiger partial charge in [0, 0.05) is 17.6 Å². The Morgan fingerprint density at radius 2 is 1.27 bits per heavy atom. The fourth-order valence-corrected chi connectivity index (χ4v) is 5.69. The van der Waals surface area contributed by atoms with E-state index in [9.17, 15) is 14.4 Å². The fraction of sp³-hybridized carbons (Fsp3) is 0.180. The molecule has 0 spiro atoms. The molecule has 4 atom stereocenters. The van der Waals surface area contributed by atoms with Crippen LogP contribution in [0.2, 0.25) is 0 Å². The third-order valence-corrected chi connectivity index (χ3v) is 8.76. The average Bonchev–Trinajstić information content (AvgIpc) is 3.27. The van der Waals surface area contributed by atoms with Gasteiger partial charge in [-0.25, -0.2) is 14.4 Å². The highest BCUT2D eigenvalue weighted by molar-refractivity contribution is 5.92. The predicted molar refractivity (Wildman–Crippen MR) is 218 cm³/mol. The van der Waals surface area contributed by atoms with Crippen molar-refractivity contribution in [2.45, 2.75) is 44.9 Å². The minimum Gasteiger partial charge on any atom is -0.456 e. The van der Waals surface area contributed by atoms with Crippen LogP contribution in [-0.4, -0.2) is 49.4 Å². The van der Waals surface area contributed by atoms with Crippen molar-refractivity contribution in [3.63, 3.8) is 0 Å². The Morgan fingerprint density at radius 3 is 1.92 bits per heavy atom. The number of ether oxygens (including phenoxy) is 7. The van der Waals surface area contributed by atoms with Crippen molar-refractivity contribution in [2.24, 2.45) is 0 Å². The molecular weight excluding hydrogens is 761 g/mol. The lowest BCUT2D eigenvalue weighted by Crippen LogP contribution is -2.53. The van der Waals surface area contributed by atoms with Crippen LogP contribution < -0.4 is 14.2 Å². The summed E-state index contributed by atoms with van der Waals surface area (Å²) in [6, 6.07) is 26.3. The first-order valence-electron chi connectivity index (χ1n) is 18.6. The summed E-state index contributed by atoms with van der Waals surface area (Å²) in [6.07, 6.45) is 3.92. The monoisotopic (exact) mass is 796 g/mol. The number of esters is 3. The second-order valence-electron chi connectivity index (χ2n) is 13.1. The van der Waals surface area contributed by atoms with Crippen molar-refractivity contribution in [2.75, 3.05) is 13.2 Å². The van der Waals surface area contributed by atoms with Crippen LogP contribution in [0.4, 0.5) is 0 Å². The summed E-state index contributed by atoms with van der Waals surface area (Å²) < 4.78 is 40.5. The lowest BCUT2D eigenvalue weighted by atomic mass is 10.0. The lowest BCUT2D eigenvalue weighted by Gasteiger charge is -2.42. The van der Waals surface area contributed by atoms with Gasteiger partial charge in [-0.3, -0.25) is 0 Å². The summed E-state index contributed by atoms with van der Waals surface area (Å²) in [7, 11) is 0. The van der Waals surface area contributed by atoms with Crippen molar-refractivity contribution >= 4 is 17.9 Å². The fourth-order valence-electron chi connectivity index (χ4n) is 5.69. The number of carbonyl (C=O) groups is 3. The number of hydrogen-bond acceptors (Lipinski definition) is 10. The molecule has 0 saturated carbocycles. The zero-order valence-corrected chi connectivity index (χ0v) is 32.6. The Bertz CT molecular complexity index is 2630. The summed E-state index contributed by atoms with van der Waals surface area (Å²) in [6.45, 7) is 7.69. The molecule has 2 saturated heterocycles. The van der Waals surface area contributed by atoms with E-state index in [0.717, 1.165) is 11.1 Å². The molecule has 10 nitrogen and oxygen atoms in total. The first-order chi connectivity index (χ1) is 29.2. The van der Waals surface area contributed by atoms with E-state index in [1.165, 1.54) is 0 Å². The molecule has 4 aromatic rings. The van der Waals surface area contributed by atoms with Crippen LogP contribution in [0.1, 0.15) is 61.8 Å². The first-order valence-corrected chi connectivity index (χ1v) is 18.6. The van der Waals surface area contributed by atoms with E-state index in [4.69, 9.17) is 33.2 Å². The molecule has 0 aromatic heterocycles. The largest absolute Gasteiger partial charge is 0.456 e. The van der Waals surface area contributed by atoms with Gasteiger partial charge in [0.25, 0.3) is 0 Å². The molecule has 0 radical (unpaired) electrons. The first kappa shape index (κ1) is 41.9. The normalized spacial score (nSPS) is 17.3. The maximum absolute atomic E-state index is 13.2. The third-order valence-electron chi connectivity index (χ3n) is 8.76. The van der Waals surface area contributed by atoms with Crippen LogP contribution in [0.5, 0.6) is 17.2 Å². The van der Waals surface area contributed by atoms with E-state index < -0.39 is 42.5 Å².